The van der Waals surface area contributed by atoms with Crippen molar-refractivity contribution in [1.29, 1.82) is 0 Å². The third-order valence-electron chi connectivity index (χ3n) is 2.18. The minimum atomic E-state index is -4.25. The Morgan fingerprint density at radius 2 is 2.12 bits per heavy atom. The topological polar surface area (TPSA) is 89.6 Å². The molecule has 0 aliphatic heterocycles. The summed E-state index contributed by atoms with van der Waals surface area (Å²) in [6.07, 6.45) is 1.43. The number of methoxy groups -OCH3 is 1. The summed E-state index contributed by atoms with van der Waals surface area (Å²) in [4.78, 5) is -0.204. The molecule has 0 saturated heterocycles. The number of benzene rings is 1. The standard InChI is InChI=1S/C10H15NO4S/c1-15-9-5-4-8(3-2-6-11)7-10(9)16(12,13)14/h4-5,7H,2-3,6,11H2,1H3,(H,12,13,14). The number of aryl methyl sites for hydroxylation is 1. The predicted molar refractivity (Wildman–Crippen MR) is 60.2 cm³/mol. The first-order valence-corrected chi connectivity index (χ1v) is 6.27. The van der Waals surface area contributed by atoms with Gasteiger partial charge in [0.1, 0.15) is 10.6 Å². The first kappa shape index (κ1) is 13.0. The van der Waals surface area contributed by atoms with Crippen LogP contribution in [0, 0.1) is 0 Å². The molecular weight excluding hydrogens is 230 g/mol. The molecule has 3 N–H and O–H groups in total. The maximum atomic E-state index is 11.1. The highest BCUT2D eigenvalue weighted by atomic mass is 32.2. The van der Waals surface area contributed by atoms with Crippen molar-refractivity contribution >= 4 is 10.1 Å². The molecule has 6 heteroatoms. The smallest absolute Gasteiger partial charge is 0.298 e. The van der Waals surface area contributed by atoms with Gasteiger partial charge in [0.15, 0.2) is 0 Å². The molecule has 16 heavy (non-hydrogen) atoms. The lowest BCUT2D eigenvalue weighted by Gasteiger charge is -2.08. The fourth-order valence-corrected chi connectivity index (χ4v) is 2.09. The number of hydrogen-bond acceptors (Lipinski definition) is 4. The van der Waals surface area contributed by atoms with Gasteiger partial charge in [-0.2, -0.15) is 8.42 Å². The van der Waals surface area contributed by atoms with Crippen LogP contribution in [-0.4, -0.2) is 26.6 Å². The van der Waals surface area contributed by atoms with E-state index in [1.54, 1.807) is 6.07 Å². The Balaban J connectivity index is 3.12. The second-order valence-electron chi connectivity index (χ2n) is 3.35. The Kier molecular flexibility index (Phi) is 4.28. The van der Waals surface area contributed by atoms with Crippen molar-refractivity contribution in [1.82, 2.24) is 0 Å². The number of nitrogens with two attached hydrogens (primary N) is 1. The van der Waals surface area contributed by atoms with Crippen LogP contribution in [0.3, 0.4) is 0 Å². The lowest BCUT2D eigenvalue weighted by molar-refractivity contribution is 0.397. The van der Waals surface area contributed by atoms with Crippen molar-refractivity contribution < 1.29 is 17.7 Å². The third kappa shape index (κ3) is 3.19. The lowest BCUT2D eigenvalue weighted by Crippen LogP contribution is -2.04. The van der Waals surface area contributed by atoms with Crippen molar-refractivity contribution in [2.75, 3.05) is 13.7 Å². The molecular formula is C10H15NO4S. The number of hydrogen-bond donors (Lipinski definition) is 2. The molecule has 90 valence electrons. The Labute approximate surface area is 95.0 Å². The average Bonchev–Trinajstić information content (AvgIpc) is 2.24. The summed E-state index contributed by atoms with van der Waals surface area (Å²) in [6.45, 7) is 0.535. The van der Waals surface area contributed by atoms with Gasteiger partial charge in [-0.25, -0.2) is 0 Å². The van der Waals surface area contributed by atoms with Crippen LogP contribution < -0.4 is 10.5 Å². The van der Waals surface area contributed by atoms with Crippen molar-refractivity contribution in [2.45, 2.75) is 17.7 Å². The van der Waals surface area contributed by atoms with Crippen LogP contribution in [0.4, 0.5) is 0 Å². The summed E-state index contributed by atoms with van der Waals surface area (Å²) >= 11 is 0. The van der Waals surface area contributed by atoms with Crippen LogP contribution in [0.25, 0.3) is 0 Å². The molecule has 0 aliphatic carbocycles. The van der Waals surface area contributed by atoms with E-state index in [9.17, 15) is 8.42 Å². The highest BCUT2D eigenvalue weighted by Crippen LogP contribution is 2.24. The van der Waals surface area contributed by atoms with Gasteiger partial charge < -0.3 is 10.5 Å². The SMILES string of the molecule is COc1ccc(CCCN)cc1S(=O)(=O)O. The van der Waals surface area contributed by atoms with E-state index in [-0.39, 0.29) is 10.6 Å². The molecule has 0 bridgehead atoms. The van der Waals surface area contributed by atoms with Crippen molar-refractivity contribution in [3.63, 3.8) is 0 Å². The van der Waals surface area contributed by atoms with Crippen LogP contribution in [0.1, 0.15) is 12.0 Å². The zero-order valence-electron chi connectivity index (χ0n) is 9.01. The van der Waals surface area contributed by atoms with E-state index in [1.807, 2.05) is 0 Å². The molecule has 1 aromatic rings. The van der Waals surface area contributed by atoms with E-state index in [0.29, 0.717) is 13.0 Å². The maximum Gasteiger partial charge on any atom is 0.298 e. The normalized spacial score (nSPS) is 11.4. The second-order valence-corrected chi connectivity index (χ2v) is 4.74. The quantitative estimate of drug-likeness (QED) is 0.750. The Morgan fingerprint density at radius 3 is 2.62 bits per heavy atom. The van der Waals surface area contributed by atoms with Gasteiger partial charge in [-0.3, -0.25) is 4.55 Å². The first-order chi connectivity index (χ1) is 7.49. The summed E-state index contributed by atoms with van der Waals surface area (Å²) in [5, 5.41) is 0. The molecule has 1 rings (SSSR count). The molecule has 5 nitrogen and oxygen atoms in total. The van der Waals surface area contributed by atoms with Crippen molar-refractivity contribution in [2.24, 2.45) is 5.73 Å². The summed E-state index contributed by atoms with van der Waals surface area (Å²) in [7, 11) is -2.90. The zero-order chi connectivity index (χ0) is 12.2. The summed E-state index contributed by atoms with van der Waals surface area (Å²) < 4.78 is 36.1. The number of ether oxygens (including phenoxy) is 1. The van der Waals surface area contributed by atoms with Crippen LogP contribution in [0.2, 0.25) is 0 Å². The molecule has 0 fully saturated rings. The largest absolute Gasteiger partial charge is 0.495 e. The highest BCUT2D eigenvalue weighted by molar-refractivity contribution is 7.86. The Morgan fingerprint density at radius 1 is 1.44 bits per heavy atom. The predicted octanol–water partition coefficient (Wildman–Crippen LogP) is 0.833. The zero-order valence-corrected chi connectivity index (χ0v) is 9.83. The number of rotatable bonds is 5. The maximum absolute atomic E-state index is 11.1. The molecule has 0 amide bonds. The minimum Gasteiger partial charge on any atom is -0.495 e. The summed E-state index contributed by atoms with van der Waals surface area (Å²) in [5.74, 6) is 0.138. The molecule has 0 atom stereocenters. The van der Waals surface area contributed by atoms with E-state index < -0.39 is 10.1 Å². The molecule has 0 unspecified atom stereocenters. The van der Waals surface area contributed by atoms with Crippen LogP contribution >= 0.6 is 0 Å². The first-order valence-electron chi connectivity index (χ1n) is 4.83. The van der Waals surface area contributed by atoms with E-state index in [1.165, 1.54) is 19.2 Å². The van der Waals surface area contributed by atoms with Gasteiger partial charge in [-0.15, -0.1) is 0 Å². The third-order valence-corrected chi connectivity index (χ3v) is 3.05. The van der Waals surface area contributed by atoms with Crippen LogP contribution in [0.5, 0.6) is 5.75 Å². The molecule has 0 aromatic heterocycles. The molecule has 0 radical (unpaired) electrons. The van der Waals surface area contributed by atoms with Gasteiger partial charge in [-0.05, 0) is 37.1 Å². The monoisotopic (exact) mass is 245 g/mol. The van der Waals surface area contributed by atoms with Crippen LogP contribution in [-0.2, 0) is 16.5 Å². The molecule has 1 aromatic carbocycles. The molecule has 0 spiro atoms. The Bertz CT molecular complexity index is 456. The average molecular weight is 245 g/mol. The van der Waals surface area contributed by atoms with Gasteiger partial charge in [0.05, 0.1) is 7.11 Å². The lowest BCUT2D eigenvalue weighted by atomic mass is 10.1. The highest BCUT2D eigenvalue weighted by Gasteiger charge is 2.16. The van der Waals surface area contributed by atoms with Crippen LogP contribution in [0.15, 0.2) is 23.1 Å². The second kappa shape index (κ2) is 5.29. The van der Waals surface area contributed by atoms with Gasteiger partial charge in [0, 0.05) is 0 Å². The van der Waals surface area contributed by atoms with Gasteiger partial charge >= 0.3 is 0 Å². The summed E-state index contributed by atoms with van der Waals surface area (Å²) in [5.41, 5.74) is 6.17. The van der Waals surface area contributed by atoms with Gasteiger partial charge in [0.25, 0.3) is 10.1 Å². The van der Waals surface area contributed by atoms with Crippen molar-refractivity contribution in [3.8, 4) is 5.75 Å². The van der Waals surface area contributed by atoms with Gasteiger partial charge in [0.2, 0.25) is 0 Å². The molecule has 0 heterocycles. The minimum absolute atomic E-state index is 0.138. The molecule has 0 aliphatic rings. The fourth-order valence-electron chi connectivity index (χ4n) is 1.38. The Hall–Kier alpha value is -1.11. The van der Waals surface area contributed by atoms with Gasteiger partial charge in [-0.1, -0.05) is 6.07 Å². The van der Waals surface area contributed by atoms with E-state index in [0.717, 1.165) is 12.0 Å². The summed E-state index contributed by atoms with van der Waals surface area (Å²) in [6, 6.07) is 4.68. The van der Waals surface area contributed by atoms with E-state index in [4.69, 9.17) is 15.0 Å². The molecule has 0 saturated carbocycles. The van der Waals surface area contributed by atoms with Crippen molar-refractivity contribution in [3.05, 3.63) is 23.8 Å². The van der Waals surface area contributed by atoms with E-state index >= 15 is 0 Å². The fraction of sp³-hybridized carbons (Fsp3) is 0.400. The van der Waals surface area contributed by atoms with E-state index in [2.05, 4.69) is 0 Å².